The Balaban J connectivity index is -0.000000304. The summed E-state index contributed by atoms with van der Waals surface area (Å²) in [6.45, 7) is 7.70. The number of aliphatic hydroxyl groups is 1. The number of carbonyl (C=O) groups is 3. The molecule has 24 heavy (non-hydrogen) atoms. The second-order valence-corrected chi connectivity index (χ2v) is 5.29. The molecule has 0 spiro atoms. The number of methoxy groups -OCH3 is 1. The first kappa shape index (κ1) is 27.6. The Morgan fingerprint density at radius 1 is 1.42 bits per heavy atom. The van der Waals surface area contributed by atoms with Crippen LogP contribution in [0.4, 0.5) is 0 Å². The van der Waals surface area contributed by atoms with Gasteiger partial charge in [-0.1, -0.05) is 35.9 Å². The lowest BCUT2D eigenvalue weighted by molar-refractivity contribution is -0.143. The molecule has 0 aliphatic carbocycles. The molecule has 142 valence electrons. The van der Waals surface area contributed by atoms with Gasteiger partial charge in [0.15, 0.2) is 0 Å². The Kier molecular flexibility index (Phi) is 25.0. The molecule has 1 unspecified atom stereocenters. The van der Waals surface area contributed by atoms with Gasteiger partial charge in [-0.2, -0.15) is 0 Å². The molecule has 1 amide bonds. The van der Waals surface area contributed by atoms with Crippen molar-refractivity contribution in [1.29, 1.82) is 0 Å². The maximum absolute atomic E-state index is 10.8. The molecule has 7 nitrogen and oxygen atoms in total. The number of halogens is 1. The molecule has 0 aromatic heterocycles. The SMILES string of the molecule is CC.CO.COCCOC(=O)C(C)Br.O=CCCN1CC=CC1=O. The lowest BCUT2D eigenvalue weighted by Crippen LogP contribution is -2.26. The highest BCUT2D eigenvalue weighted by atomic mass is 79.9. The number of rotatable bonds is 7. The Morgan fingerprint density at radius 3 is 2.38 bits per heavy atom. The van der Waals surface area contributed by atoms with Crippen molar-refractivity contribution < 1.29 is 29.0 Å². The maximum Gasteiger partial charge on any atom is 0.319 e. The van der Waals surface area contributed by atoms with Crippen molar-refractivity contribution in [1.82, 2.24) is 4.90 Å². The average Bonchev–Trinajstić information content (AvgIpc) is 3.02. The number of esters is 1. The minimum atomic E-state index is -0.253. The van der Waals surface area contributed by atoms with Gasteiger partial charge in [0.05, 0.1) is 6.61 Å². The Bertz CT molecular complexity index is 347. The largest absolute Gasteiger partial charge is 0.462 e. The van der Waals surface area contributed by atoms with Crippen molar-refractivity contribution >= 4 is 34.1 Å². The highest BCUT2D eigenvalue weighted by Crippen LogP contribution is 2.00. The second-order valence-electron chi connectivity index (χ2n) is 3.92. The first-order valence-electron chi connectivity index (χ1n) is 7.66. The predicted molar refractivity (Wildman–Crippen MR) is 97.1 cm³/mol. The topological polar surface area (TPSA) is 93.1 Å². The zero-order chi connectivity index (χ0) is 19.4. The van der Waals surface area contributed by atoms with E-state index < -0.39 is 0 Å². The maximum atomic E-state index is 10.8. The van der Waals surface area contributed by atoms with Crippen molar-refractivity contribution in [3.63, 3.8) is 0 Å². The van der Waals surface area contributed by atoms with E-state index in [0.717, 1.165) is 13.4 Å². The molecule has 1 aliphatic rings. The summed E-state index contributed by atoms with van der Waals surface area (Å²) >= 11 is 3.08. The number of nitrogens with zero attached hydrogens (tertiary/aromatic N) is 1. The van der Waals surface area contributed by atoms with Crippen LogP contribution in [0.1, 0.15) is 27.2 Å². The standard InChI is InChI=1S/C7H9NO2.C6H11BrO3.C2H6.CH4O/c9-6-2-5-8-4-1-3-7(8)10;1-5(7)6(8)10-4-3-9-2;2*1-2/h1,3,6H,2,4-5H2;5H,3-4H2,1-2H3;1-2H3;2H,1H3. The molecule has 1 N–H and O–H groups in total. The molecule has 0 radical (unpaired) electrons. The average molecular weight is 412 g/mol. The summed E-state index contributed by atoms with van der Waals surface area (Å²) in [5.41, 5.74) is 0. The number of ether oxygens (including phenoxy) is 2. The summed E-state index contributed by atoms with van der Waals surface area (Å²) in [4.78, 5) is 32.8. The number of amides is 1. The number of alkyl halides is 1. The van der Waals surface area contributed by atoms with Gasteiger partial charge in [-0.25, -0.2) is 0 Å². The van der Waals surface area contributed by atoms with Crippen LogP contribution in [0.3, 0.4) is 0 Å². The third-order valence-electron chi connectivity index (χ3n) is 2.27. The van der Waals surface area contributed by atoms with Gasteiger partial charge in [0.25, 0.3) is 0 Å². The van der Waals surface area contributed by atoms with Crippen molar-refractivity contribution in [2.45, 2.75) is 32.0 Å². The first-order chi connectivity index (χ1) is 11.5. The molecule has 1 rings (SSSR count). The van der Waals surface area contributed by atoms with Gasteiger partial charge in [0, 0.05) is 39.8 Å². The van der Waals surface area contributed by atoms with E-state index in [1.165, 1.54) is 6.08 Å². The van der Waals surface area contributed by atoms with Crippen LogP contribution in [0.25, 0.3) is 0 Å². The van der Waals surface area contributed by atoms with Gasteiger partial charge in [0.1, 0.15) is 17.7 Å². The molecule has 0 fully saturated rings. The van der Waals surface area contributed by atoms with E-state index in [0.29, 0.717) is 32.7 Å². The Morgan fingerprint density at radius 2 is 2.00 bits per heavy atom. The fourth-order valence-corrected chi connectivity index (χ4v) is 1.36. The molecule has 0 bridgehead atoms. The normalized spacial score (nSPS) is 12.6. The fraction of sp³-hybridized carbons (Fsp3) is 0.688. The van der Waals surface area contributed by atoms with Gasteiger partial charge in [-0.05, 0) is 6.92 Å². The molecular weight excluding hydrogens is 382 g/mol. The highest BCUT2D eigenvalue weighted by Gasteiger charge is 2.12. The second kappa shape index (κ2) is 21.8. The molecule has 0 saturated heterocycles. The van der Waals surface area contributed by atoms with Crippen molar-refractivity contribution in [3.05, 3.63) is 12.2 Å². The minimum Gasteiger partial charge on any atom is -0.462 e. The summed E-state index contributed by atoms with van der Waals surface area (Å²) in [7, 11) is 2.56. The van der Waals surface area contributed by atoms with Crippen LogP contribution >= 0.6 is 15.9 Å². The third kappa shape index (κ3) is 17.1. The van der Waals surface area contributed by atoms with Crippen LogP contribution in [-0.2, 0) is 23.9 Å². The van der Waals surface area contributed by atoms with E-state index in [2.05, 4.69) is 20.7 Å². The van der Waals surface area contributed by atoms with Crippen LogP contribution in [0.5, 0.6) is 0 Å². The van der Waals surface area contributed by atoms with Crippen molar-refractivity contribution in [2.24, 2.45) is 0 Å². The smallest absolute Gasteiger partial charge is 0.319 e. The fourth-order valence-electron chi connectivity index (χ4n) is 1.23. The monoisotopic (exact) mass is 411 g/mol. The number of hydrogen-bond acceptors (Lipinski definition) is 6. The molecule has 0 aromatic carbocycles. The van der Waals surface area contributed by atoms with Crippen molar-refractivity contribution in [3.8, 4) is 0 Å². The summed E-state index contributed by atoms with van der Waals surface area (Å²) in [5, 5.41) is 7.00. The predicted octanol–water partition coefficient (Wildman–Crippen LogP) is 1.57. The number of aldehydes is 1. The van der Waals surface area contributed by atoms with Gasteiger partial charge >= 0.3 is 5.97 Å². The third-order valence-corrected chi connectivity index (χ3v) is 2.65. The summed E-state index contributed by atoms with van der Waals surface area (Å²) in [6, 6.07) is 0. The molecular formula is C16H30BrNO6. The van der Waals surface area contributed by atoms with Crippen LogP contribution in [-0.4, -0.2) is 73.5 Å². The van der Waals surface area contributed by atoms with Crippen molar-refractivity contribution in [2.75, 3.05) is 40.5 Å². The lowest BCUT2D eigenvalue weighted by Gasteiger charge is -2.12. The van der Waals surface area contributed by atoms with E-state index in [1.54, 1.807) is 25.0 Å². The van der Waals surface area contributed by atoms with Crippen LogP contribution in [0.15, 0.2) is 12.2 Å². The van der Waals surface area contributed by atoms with Crippen LogP contribution in [0, 0.1) is 0 Å². The Labute approximate surface area is 153 Å². The molecule has 1 atom stereocenters. The van der Waals surface area contributed by atoms with E-state index in [-0.39, 0.29) is 16.7 Å². The van der Waals surface area contributed by atoms with Gasteiger partial charge in [-0.15, -0.1) is 0 Å². The van der Waals surface area contributed by atoms with E-state index in [9.17, 15) is 14.4 Å². The minimum absolute atomic E-state index is 0.0156. The van der Waals surface area contributed by atoms with E-state index >= 15 is 0 Å². The lowest BCUT2D eigenvalue weighted by atomic mass is 10.4. The Hall–Kier alpha value is -1.25. The highest BCUT2D eigenvalue weighted by molar-refractivity contribution is 9.10. The zero-order valence-corrected chi connectivity index (χ0v) is 16.7. The zero-order valence-electron chi connectivity index (χ0n) is 15.2. The molecule has 1 heterocycles. The summed E-state index contributed by atoms with van der Waals surface area (Å²) in [6.07, 6.45) is 4.59. The number of aliphatic hydroxyl groups excluding tert-OH is 1. The molecule has 0 aromatic rings. The summed E-state index contributed by atoms with van der Waals surface area (Å²) < 4.78 is 9.41. The van der Waals surface area contributed by atoms with E-state index in [1.807, 2.05) is 13.8 Å². The number of hydrogen-bond donors (Lipinski definition) is 1. The molecule has 8 heteroatoms. The quantitative estimate of drug-likeness (QED) is 0.295. The van der Waals surface area contributed by atoms with Crippen LogP contribution < -0.4 is 0 Å². The number of carbonyl (C=O) groups excluding carboxylic acids is 3. The van der Waals surface area contributed by atoms with Crippen LogP contribution in [0.2, 0.25) is 0 Å². The van der Waals surface area contributed by atoms with Gasteiger partial charge in [0.2, 0.25) is 5.91 Å². The molecule has 1 aliphatic heterocycles. The molecule has 0 saturated carbocycles. The summed E-state index contributed by atoms with van der Waals surface area (Å²) in [5.74, 6) is -0.237. The first-order valence-corrected chi connectivity index (χ1v) is 8.58. The van der Waals surface area contributed by atoms with E-state index in [4.69, 9.17) is 9.84 Å². The van der Waals surface area contributed by atoms with Gasteiger partial charge in [-0.3, -0.25) is 9.59 Å². The van der Waals surface area contributed by atoms with Gasteiger partial charge < -0.3 is 24.3 Å².